The Kier molecular flexibility index (Phi) is 5.75. The van der Waals surface area contributed by atoms with Crippen LogP contribution in [0.15, 0.2) is 30.6 Å². The van der Waals surface area contributed by atoms with Gasteiger partial charge < -0.3 is 25.8 Å². The highest BCUT2D eigenvalue weighted by atomic mass is 19.1. The molecule has 4 atom stereocenters. The summed E-state index contributed by atoms with van der Waals surface area (Å²) in [7, 11) is 1.72. The van der Waals surface area contributed by atoms with Gasteiger partial charge in [0.25, 0.3) is 0 Å². The van der Waals surface area contributed by atoms with Gasteiger partial charge in [-0.05, 0) is 44.5 Å². The molecule has 4 N–H and O–H groups in total. The molecule has 0 bridgehead atoms. The van der Waals surface area contributed by atoms with Gasteiger partial charge in [0.1, 0.15) is 11.9 Å². The number of nitrogens with one attached hydrogen (secondary N) is 4. The zero-order chi connectivity index (χ0) is 22.3. The number of likely N-dealkylation sites (N-methyl/N-ethyl adjacent to an activating group) is 1. The molecule has 1 saturated heterocycles. The SMILES string of the molecule is CNC(C)C(=O)NC(C(=O)N1CCC2NC=C(c3c[nH]c4cc(F)ccc34)C21)C(C)C. The number of fused-ring (bicyclic) bond motifs is 2. The molecule has 0 spiro atoms. The van der Waals surface area contributed by atoms with E-state index in [1.807, 2.05) is 31.1 Å². The Morgan fingerprint density at radius 3 is 2.74 bits per heavy atom. The van der Waals surface area contributed by atoms with Gasteiger partial charge in [0.15, 0.2) is 0 Å². The van der Waals surface area contributed by atoms with Crippen molar-refractivity contribution in [1.29, 1.82) is 0 Å². The normalized spacial score (nSPS) is 22.3. The number of hydrogen-bond donors (Lipinski definition) is 4. The molecule has 0 aliphatic carbocycles. The number of likely N-dealkylation sites (tertiary alicyclic amines) is 1. The summed E-state index contributed by atoms with van der Waals surface area (Å²) in [5.41, 5.74) is 2.69. The maximum Gasteiger partial charge on any atom is 0.246 e. The van der Waals surface area contributed by atoms with Gasteiger partial charge >= 0.3 is 0 Å². The van der Waals surface area contributed by atoms with Crippen LogP contribution in [-0.2, 0) is 9.59 Å². The van der Waals surface area contributed by atoms with Crippen molar-refractivity contribution in [2.45, 2.75) is 51.4 Å². The summed E-state index contributed by atoms with van der Waals surface area (Å²) < 4.78 is 13.6. The average Bonchev–Trinajstić information content (AvgIpc) is 3.44. The number of hydrogen-bond acceptors (Lipinski definition) is 4. The summed E-state index contributed by atoms with van der Waals surface area (Å²) in [6, 6.07) is 3.72. The second kappa shape index (κ2) is 8.34. The van der Waals surface area contributed by atoms with Gasteiger partial charge in [-0.25, -0.2) is 4.39 Å². The highest BCUT2D eigenvalue weighted by molar-refractivity contribution is 5.96. The van der Waals surface area contributed by atoms with Gasteiger partial charge in [-0.1, -0.05) is 13.8 Å². The standard InChI is InChI=1S/C23H30FN5O2/c1-12(2)20(28-22(30)13(3)25-4)23(31)29-8-7-18-21(29)17(11-26-18)16-10-27-19-9-14(24)5-6-15(16)19/h5-6,9-13,18,20-21,25-27H,7-8H2,1-4H3,(H,28,30). The molecule has 2 aromatic rings. The van der Waals surface area contributed by atoms with Crippen molar-refractivity contribution in [2.24, 2.45) is 5.92 Å². The molecule has 4 rings (SSSR count). The van der Waals surface area contributed by atoms with Crippen LogP contribution in [0.5, 0.6) is 0 Å². The van der Waals surface area contributed by atoms with Gasteiger partial charge in [-0.3, -0.25) is 9.59 Å². The Morgan fingerprint density at radius 2 is 2.03 bits per heavy atom. The van der Waals surface area contributed by atoms with E-state index in [-0.39, 0.29) is 41.7 Å². The van der Waals surface area contributed by atoms with E-state index in [4.69, 9.17) is 0 Å². The second-order valence-corrected chi connectivity index (χ2v) is 8.77. The van der Waals surface area contributed by atoms with Crippen molar-refractivity contribution >= 4 is 28.3 Å². The molecule has 8 heteroatoms. The fourth-order valence-corrected chi connectivity index (χ4v) is 4.56. The molecule has 166 valence electrons. The van der Waals surface area contributed by atoms with Crippen LogP contribution in [0.1, 0.15) is 32.8 Å². The number of rotatable bonds is 6. The van der Waals surface area contributed by atoms with Crippen molar-refractivity contribution in [3.8, 4) is 0 Å². The third-order valence-corrected chi connectivity index (χ3v) is 6.46. The summed E-state index contributed by atoms with van der Waals surface area (Å²) >= 11 is 0. The van der Waals surface area contributed by atoms with Gasteiger partial charge in [0.05, 0.1) is 18.1 Å². The van der Waals surface area contributed by atoms with Crippen LogP contribution in [0.25, 0.3) is 16.5 Å². The highest BCUT2D eigenvalue weighted by Gasteiger charge is 2.45. The Bertz CT molecular complexity index is 1030. The lowest BCUT2D eigenvalue weighted by Crippen LogP contribution is -2.56. The molecule has 2 aliphatic heterocycles. The first kappa shape index (κ1) is 21.4. The first-order valence-electron chi connectivity index (χ1n) is 10.8. The largest absolute Gasteiger partial charge is 0.385 e. The molecular weight excluding hydrogens is 397 g/mol. The van der Waals surface area contributed by atoms with E-state index in [9.17, 15) is 14.0 Å². The third kappa shape index (κ3) is 3.80. The lowest BCUT2D eigenvalue weighted by Gasteiger charge is -2.32. The quantitative estimate of drug-likeness (QED) is 0.568. The van der Waals surface area contributed by atoms with E-state index >= 15 is 0 Å². The number of H-pyrrole nitrogens is 1. The topological polar surface area (TPSA) is 89.3 Å². The summed E-state index contributed by atoms with van der Waals surface area (Å²) in [5.74, 6) is -0.595. The van der Waals surface area contributed by atoms with Gasteiger partial charge in [-0.15, -0.1) is 0 Å². The van der Waals surface area contributed by atoms with Crippen LogP contribution in [0.3, 0.4) is 0 Å². The van der Waals surface area contributed by atoms with E-state index in [0.29, 0.717) is 6.54 Å². The number of carbonyl (C=O) groups excluding carboxylic acids is 2. The third-order valence-electron chi connectivity index (χ3n) is 6.46. The first-order chi connectivity index (χ1) is 14.8. The second-order valence-electron chi connectivity index (χ2n) is 8.77. The van der Waals surface area contributed by atoms with Crippen molar-refractivity contribution < 1.29 is 14.0 Å². The van der Waals surface area contributed by atoms with E-state index in [0.717, 1.165) is 28.5 Å². The summed E-state index contributed by atoms with van der Waals surface area (Å²) in [5, 5.41) is 10.2. The summed E-state index contributed by atoms with van der Waals surface area (Å²) in [6.07, 6.45) is 4.67. The number of aromatic amines is 1. The maximum atomic E-state index is 13.6. The first-order valence-corrected chi connectivity index (χ1v) is 10.8. The fraction of sp³-hybridized carbons (Fsp3) is 0.478. The molecule has 7 nitrogen and oxygen atoms in total. The molecule has 1 aromatic heterocycles. The Morgan fingerprint density at radius 1 is 1.26 bits per heavy atom. The fourth-order valence-electron chi connectivity index (χ4n) is 4.56. The van der Waals surface area contributed by atoms with Crippen molar-refractivity contribution in [1.82, 2.24) is 25.8 Å². The molecule has 0 saturated carbocycles. The predicted octanol–water partition coefficient (Wildman–Crippen LogP) is 1.97. The van der Waals surface area contributed by atoms with E-state index in [1.165, 1.54) is 12.1 Å². The number of carbonyl (C=O) groups is 2. The lowest BCUT2D eigenvalue weighted by atomic mass is 9.95. The zero-order valence-electron chi connectivity index (χ0n) is 18.3. The van der Waals surface area contributed by atoms with Gasteiger partial charge in [-0.2, -0.15) is 0 Å². The Labute approximate surface area is 181 Å². The molecule has 3 heterocycles. The Hall–Kier alpha value is -2.87. The lowest BCUT2D eigenvalue weighted by molar-refractivity contribution is -0.138. The summed E-state index contributed by atoms with van der Waals surface area (Å²) in [4.78, 5) is 31.1. The number of amides is 2. The number of nitrogens with zero attached hydrogens (tertiary/aromatic N) is 1. The van der Waals surface area contributed by atoms with Crippen LogP contribution in [0, 0.1) is 11.7 Å². The minimum Gasteiger partial charge on any atom is -0.385 e. The molecule has 4 unspecified atom stereocenters. The minimum atomic E-state index is -0.596. The van der Waals surface area contributed by atoms with E-state index in [2.05, 4.69) is 20.9 Å². The molecule has 31 heavy (non-hydrogen) atoms. The van der Waals surface area contributed by atoms with Crippen LogP contribution >= 0.6 is 0 Å². The van der Waals surface area contributed by atoms with Crippen LogP contribution in [-0.4, -0.2) is 59.5 Å². The van der Waals surface area contributed by atoms with Crippen molar-refractivity contribution in [3.63, 3.8) is 0 Å². The smallest absolute Gasteiger partial charge is 0.246 e. The van der Waals surface area contributed by atoms with Crippen LogP contribution < -0.4 is 16.0 Å². The molecule has 1 fully saturated rings. The van der Waals surface area contributed by atoms with Crippen LogP contribution in [0.4, 0.5) is 4.39 Å². The minimum absolute atomic E-state index is 0.0441. The monoisotopic (exact) mass is 427 g/mol. The maximum absolute atomic E-state index is 13.6. The molecule has 0 radical (unpaired) electrons. The van der Waals surface area contributed by atoms with Gasteiger partial charge in [0, 0.05) is 41.0 Å². The van der Waals surface area contributed by atoms with Crippen molar-refractivity contribution in [2.75, 3.05) is 13.6 Å². The van der Waals surface area contributed by atoms with Gasteiger partial charge in [0.2, 0.25) is 11.8 Å². The number of aromatic nitrogens is 1. The van der Waals surface area contributed by atoms with E-state index in [1.54, 1.807) is 20.0 Å². The molecule has 2 amide bonds. The zero-order valence-corrected chi connectivity index (χ0v) is 18.3. The van der Waals surface area contributed by atoms with Crippen molar-refractivity contribution in [3.05, 3.63) is 42.0 Å². The summed E-state index contributed by atoms with van der Waals surface area (Å²) in [6.45, 7) is 6.28. The average molecular weight is 428 g/mol. The molecule has 1 aromatic carbocycles. The molecular formula is C23H30FN5O2. The number of halogens is 1. The molecule has 2 aliphatic rings. The van der Waals surface area contributed by atoms with Crippen LogP contribution in [0.2, 0.25) is 0 Å². The highest BCUT2D eigenvalue weighted by Crippen LogP contribution is 2.38. The number of benzene rings is 1. The Balaban J connectivity index is 1.61. The predicted molar refractivity (Wildman–Crippen MR) is 119 cm³/mol. The van der Waals surface area contributed by atoms with E-state index < -0.39 is 6.04 Å².